The molecule has 142 valence electrons. The molecule has 0 fully saturated rings. The monoisotopic (exact) mass is 398 g/mol. The van der Waals surface area contributed by atoms with E-state index in [1.807, 2.05) is 0 Å². The number of methoxy groups -OCH3 is 1. The zero-order valence-corrected chi connectivity index (χ0v) is 16.2. The van der Waals surface area contributed by atoms with Gasteiger partial charge in [0.1, 0.15) is 5.75 Å². The van der Waals surface area contributed by atoms with E-state index in [-0.39, 0.29) is 16.3 Å². The van der Waals surface area contributed by atoms with Crippen molar-refractivity contribution in [3.63, 3.8) is 0 Å². The number of hydrogen-bond donors (Lipinski definition) is 2. The number of nitrogens with one attached hydrogen (secondary N) is 2. The molecule has 0 saturated heterocycles. The maximum absolute atomic E-state index is 12.2. The van der Waals surface area contributed by atoms with Gasteiger partial charge < -0.3 is 4.74 Å². The molecule has 0 aliphatic carbocycles. The first-order chi connectivity index (χ1) is 12.3. The summed E-state index contributed by atoms with van der Waals surface area (Å²) in [5, 5.41) is 0. The molecule has 0 amide bonds. The molecule has 0 aromatic heterocycles. The number of sulfonamides is 2. The zero-order chi connectivity index (χ0) is 19.2. The number of hydrogen-bond acceptors (Lipinski definition) is 5. The highest BCUT2D eigenvalue weighted by atomic mass is 32.2. The van der Waals surface area contributed by atoms with Crippen LogP contribution in [-0.4, -0.2) is 37.0 Å². The summed E-state index contributed by atoms with van der Waals surface area (Å²) >= 11 is 0. The van der Waals surface area contributed by atoms with Crippen molar-refractivity contribution >= 4 is 20.0 Å². The van der Waals surface area contributed by atoms with Crippen LogP contribution in [0.1, 0.15) is 12.5 Å². The van der Waals surface area contributed by atoms with Crippen LogP contribution in [0.25, 0.3) is 0 Å². The van der Waals surface area contributed by atoms with Gasteiger partial charge in [0.2, 0.25) is 20.0 Å². The summed E-state index contributed by atoms with van der Waals surface area (Å²) in [6, 6.07) is 12.5. The third-order valence-electron chi connectivity index (χ3n) is 3.64. The van der Waals surface area contributed by atoms with Gasteiger partial charge in [-0.25, -0.2) is 26.3 Å². The average molecular weight is 399 g/mol. The van der Waals surface area contributed by atoms with Gasteiger partial charge in [0.05, 0.1) is 16.9 Å². The summed E-state index contributed by atoms with van der Waals surface area (Å²) in [5.41, 5.74) is 0.831. The Morgan fingerprint density at radius 2 is 1.31 bits per heavy atom. The quantitative estimate of drug-likeness (QED) is 0.667. The van der Waals surface area contributed by atoms with Gasteiger partial charge in [-0.05, 0) is 48.4 Å². The third kappa shape index (κ3) is 5.28. The first-order valence-corrected chi connectivity index (χ1v) is 11.0. The second-order valence-electron chi connectivity index (χ2n) is 5.47. The van der Waals surface area contributed by atoms with Crippen LogP contribution in [0, 0.1) is 0 Å². The Bertz CT molecular complexity index is 922. The summed E-state index contributed by atoms with van der Waals surface area (Å²) in [6.07, 6.45) is 0.441. The Morgan fingerprint density at radius 3 is 1.81 bits per heavy atom. The highest BCUT2D eigenvalue weighted by molar-refractivity contribution is 7.89. The fourth-order valence-corrected chi connectivity index (χ4v) is 4.35. The summed E-state index contributed by atoms with van der Waals surface area (Å²) < 4.78 is 58.2. The summed E-state index contributed by atoms with van der Waals surface area (Å²) in [7, 11) is -5.58. The third-order valence-corrected chi connectivity index (χ3v) is 6.68. The largest absolute Gasteiger partial charge is 0.497 e. The maximum Gasteiger partial charge on any atom is 0.240 e. The van der Waals surface area contributed by atoms with E-state index >= 15 is 0 Å². The molecule has 0 saturated carbocycles. The molecule has 7 nitrogen and oxygen atoms in total. The van der Waals surface area contributed by atoms with Gasteiger partial charge in [-0.3, -0.25) is 0 Å². The van der Waals surface area contributed by atoms with Gasteiger partial charge in [-0.15, -0.1) is 0 Å². The van der Waals surface area contributed by atoms with Crippen LogP contribution < -0.4 is 14.2 Å². The molecule has 0 radical (unpaired) electrons. The van der Waals surface area contributed by atoms with Crippen LogP contribution in [0.2, 0.25) is 0 Å². The van der Waals surface area contributed by atoms with E-state index in [4.69, 9.17) is 4.74 Å². The summed E-state index contributed by atoms with van der Waals surface area (Å²) in [5.74, 6) is 0.580. The van der Waals surface area contributed by atoms with E-state index in [0.717, 1.165) is 5.56 Å². The van der Waals surface area contributed by atoms with Crippen molar-refractivity contribution in [2.24, 2.45) is 0 Å². The molecule has 0 unspecified atom stereocenters. The van der Waals surface area contributed by atoms with Crippen molar-refractivity contribution < 1.29 is 21.6 Å². The fraction of sp³-hybridized carbons (Fsp3) is 0.294. The van der Waals surface area contributed by atoms with E-state index in [2.05, 4.69) is 9.44 Å². The molecular weight excluding hydrogens is 376 g/mol. The van der Waals surface area contributed by atoms with Crippen LogP contribution in [-0.2, 0) is 26.5 Å². The Hall–Kier alpha value is -1.94. The molecule has 0 spiro atoms. The lowest BCUT2D eigenvalue weighted by atomic mass is 10.2. The van der Waals surface area contributed by atoms with Gasteiger partial charge in [0.15, 0.2) is 0 Å². The van der Waals surface area contributed by atoms with E-state index in [9.17, 15) is 16.8 Å². The van der Waals surface area contributed by atoms with E-state index < -0.39 is 20.0 Å². The van der Waals surface area contributed by atoms with Crippen molar-refractivity contribution in [3.05, 3.63) is 54.1 Å². The van der Waals surface area contributed by atoms with Crippen LogP contribution in [0.3, 0.4) is 0 Å². The molecule has 0 heterocycles. The van der Waals surface area contributed by atoms with Gasteiger partial charge in [-0.2, -0.15) is 0 Å². The molecule has 2 rings (SSSR count). The Labute approximate surface area is 154 Å². The molecule has 26 heavy (non-hydrogen) atoms. The minimum atomic E-state index is -3.61. The SMILES string of the molecule is CCNS(=O)(=O)c1ccc(CCNS(=O)(=O)c2ccc(OC)cc2)cc1. The highest BCUT2D eigenvalue weighted by Gasteiger charge is 2.14. The first kappa shape index (κ1) is 20.4. The summed E-state index contributed by atoms with van der Waals surface area (Å²) in [4.78, 5) is 0.340. The van der Waals surface area contributed by atoms with Crippen molar-refractivity contribution in [1.29, 1.82) is 0 Å². The number of rotatable bonds is 9. The topological polar surface area (TPSA) is 102 Å². The maximum atomic E-state index is 12.2. The molecule has 2 aromatic rings. The van der Waals surface area contributed by atoms with E-state index in [1.165, 1.54) is 31.4 Å². The van der Waals surface area contributed by atoms with Gasteiger partial charge in [-0.1, -0.05) is 19.1 Å². The smallest absolute Gasteiger partial charge is 0.240 e. The second-order valence-corrected chi connectivity index (χ2v) is 9.00. The number of benzene rings is 2. The van der Waals surface area contributed by atoms with Crippen molar-refractivity contribution in [3.8, 4) is 5.75 Å². The Balaban J connectivity index is 1.96. The van der Waals surface area contributed by atoms with Crippen LogP contribution in [0.5, 0.6) is 5.75 Å². The molecule has 2 N–H and O–H groups in total. The average Bonchev–Trinajstić information content (AvgIpc) is 2.62. The van der Waals surface area contributed by atoms with Crippen molar-refractivity contribution in [2.75, 3.05) is 20.2 Å². The van der Waals surface area contributed by atoms with Crippen LogP contribution >= 0.6 is 0 Å². The van der Waals surface area contributed by atoms with Crippen LogP contribution in [0.4, 0.5) is 0 Å². The fourth-order valence-electron chi connectivity index (χ4n) is 2.28. The second kappa shape index (κ2) is 8.63. The van der Waals surface area contributed by atoms with Gasteiger partial charge >= 0.3 is 0 Å². The lowest BCUT2D eigenvalue weighted by Gasteiger charge is -2.08. The molecule has 9 heteroatoms. The minimum absolute atomic E-state index is 0.158. The van der Waals surface area contributed by atoms with Crippen LogP contribution in [0.15, 0.2) is 58.3 Å². The zero-order valence-electron chi connectivity index (χ0n) is 14.6. The molecule has 0 bridgehead atoms. The van der Waals surface area contributed by atoms with Crippen molar-refractivity contribution in [2.45, 2.75) is 23.1 Å². The van der Waals surface area contributed by atoms with Gasteiger partial charge in [0, 0.05) is 13.1 Å². The van der Waals surface area contributed by atoms with E-state index in [1.54, 1.807) is 31.2 Å². The molecule has 2 aromatic carbocycles. The highest BCUT2D eigenvalue weighted by Crippen LogP contribution is 2.15. The summed E-state index contributed by atoms with van der Waals surface area (Å²) in [6.45, 7) is 2.23. The number of ether oxygens (including phenoxy) is 1. The minimum Gasteiger partial charge on any atom is -0.497 e. The Kier molecular flexibility index (Phi) is 6.76. The van der Waals surface area contributed by atoms with Gasteiger partial charge in [0.25, 0.3) is 0 Å². The molecular formula is C17H22N2O5S2. The lowest BCUT2D eigenvalue weighted by Crippen LogP contribution is -2.26. The molecule has 0 aliphatic rings. The first-order valence-electron chi connectivity index (χ1n) is 8.01. The lowest BCUT2D eigenvalue weighted by molar-refractivity contribution is 0.414. The van der Waals surface area contributed by atoms with E-state index in [0.29, 0.717) is 18.7 Å². The standard InChI is InChI=1S/C17H22N2O5S2/c1-3-18-25(20,21)16-8-4-14(5-9-16)12-13-19-26(22,23)17-10-6-15(24-2)7-11-17/h4-11,18-19H,3,12-13H2,1-2H3. The predicted molar refractivity (Wildman–Crippen MR) is 99.2 cm³/mol. The predicted octanol–water partition coefficient (Wildman–Crippen LogP) is 1.51. The normalized spacial score (nSPS) is 12.1. The Morgan fingerprint density at radius 1 is 0.808 bits per heavy atom. The van der Waals surface area contributed by atoms with Crippen molar-refractivity contribution in [1.82, 2.24) is 9.44 Å². The molecule has 0 aliphatic heterocycles. The molecule has 0 atom stereocenters.